The molecule has 0 fully saturated rings. The minimum absolute atomic E-state index is 0.908. The van der Waals surface area contributed by atoms with Crippen molar-refractivity contribution in [1.82, 2.24) is 5.10 Å². The van der Waals surface area contributed by atoms with E-state index in [1.165, 1.54) is 10.8 Å². The van der Waals surface area contributed by atoms with E-state index in [2.05, 4.69) is 39.4 Å². The second-order valence-electron chi connectivity index (χ2n) is 2.85. The van der Waals surface area contributed by atoms with Crippen molar-refractivity contribution in [2.24, 2.45) is 0 Å². The summed E-state index contributed by atoms with van der Waals surface area (Å²) in [6, 6.07) is 8.24. The van der Waals surface area contributed by atoms with Crippen molar-refractivity contribution in [2.75, 3.05) is 5.33 Å². The van der Waals surface area contributed by atoms with Crippen LogP contribution in [0.1, 0.15) is 0 Å². The van der Waals surface area contributed by atoms with Gasteiger partial charge < -0.3 is 0 Å². The van der Waals surface area contributed by atoms with Gasteiger partial charge in [-0.25, -0.2) is 0 Å². The van der Waals surface area contributed by atoms with Crippen LogP contribution in [0.15, 0.2) is 36.7 Å². The van der Waals surface area contributed by atoms with Crippen molar-refractivity contribution in [3.8, 4) is 0 Å². The number of hydrogen-bond acceptors (Lipinski definition) is 1. The van der Waals surface area contributed by atoms with Crippen LogP contribution in [0.5, 0.6) is 0 Å². The molecule has 0 bridgehead atoms. The number of alkyl halides is 1. The molecule has 0 aliphatic rings. The van der Waals surface area contributed by atoms with Crippen LogP contribution in [-0.4, -0.2) is 10.4 Å². The first-order valence-corrected chi connectivity index (χ1v) is 5.33. The minimum atomic E-state index is 0.908. The first-order valence-electron chi connectivity index (χ1n) is 4.20. The summed E-state index contributed by atoms with van der Waals surface area (Å²) < 4.78 is 1.94. The topological polar surface area (TPSA) is 16.8 Å². The van der Waals surface area contributed by atoms with Gasteiger partial charge in [0.05, 0.1) is 5.33 Å². The lowest BCUT2D eigenvalue weighted by Crippen LogP contribution is -2.37. The number of hydrogen-bond donors (Lipinski definition) is 0. The molecule has 2 rings (SSSR count). The quantitative estimate of drug-likeness (QED) is 0.577. The molecular weight excluding hydrogens is 228 g/mol. The first-order chi connectivity index (χ1) is 6.40. The highest BCUT2D eigenvalue weighted by atomic mass is 79.9. The Morgan fingerprint density at radius 1 is 1.23 bits per heavy atom. The van der Waals surface area contributed by atoms with Crippen molar-refractivity contribution in [3.05, 3.63) is 36.7 Å². The zero-order valence-corrected chi connectivity index (χ0v) is 8.74. The van der Waals surface area contributed by atoms with Gasteiger partial charge in [-0.15, -0.1) is 0 Å². The van der Waals surface area contributed by atoms with E-state index < -0.39 is 0 Å². The third-order valence-electron chi connectivity index (χ3n) is 1.94. The zero-order chi connectivity index (χ0) is 9.10. The normalized spacial score (nSPS) is 10.5. The molecule has 0 saturated carbocycles. The zero-order valence-electron chi connectivity index (χ0n) is 7.15. The molecule has 1 aromatic heterocycles. The summed E-state index contributed by atoms with van der Waals surface area (Å²) in [5.74, 6) is 0. The van der Waals surface area contributed by atoms with Gasteiger partial charge in [-0.3, -0.25) is 0 Å². The number of nitrogens with zero attached hydrogens (tertiary/aromatic N) is 2. The second-order valence-corrected chi connectivity index (χ2v) is 3.65. The number of aryl methyl sites for hydroxylation is 1. The lowest BCUT2D eigenvalue weighted by Gasteiger charge is -1.94. The average Bonchev–Trinajstić information content (AvgIpc) is 2.18. The van der Waals surface area contributed by atoms with Gasteiger partial charge in [0.2, 0.25) is 6.20 Å². The van der Waals surface area contributed by atoms with E-state index in [4.69, 9.17) is 0 Å². The van der Waals surface area contributed by atoms with E-state index in [1.54, 1.807) is 0 Å². The molecule has 66 valence electrons. The number of aromatic nitrogens is 2. The Kier molecular flexibility index (Phi) is 2.54. The highest BCUT2D eigenvalue weighted by molar-refractivity contribution is 9.09. The lowest BCUT2D eigenvalue weighted by atomic mass is 10.2. The molecule has 1 heterocycles. The standard InChI is InChI=1S/C10H10BrN2/c11-5-6-13-8-10-4-2-1-3-9(10)7-12-13/h1-4,7-8H,5-6H2/q+1. The molecule has 3 heteroatoms. The van der Waals surface area contributed by atoms with Crippen LogP contribution in [0.25, 0.3) is 10.8 Å². The van der Waals surface area contributed by atoms with Crippen LogP contribution in [-0.2, 0) is 6.54 Å². The van der Waals surface area contributed by atoms with Crippen molar-refractivity contribution in [1.29, 1.82) is 0 Å². The minimum Gasteiger partial charge on any atom is -0.0897 e. The number of halogens is 1. The molecular formula is C10H10BrN2+. The summed E-state index contributed by atoms with van der Waals surface area (Å²) in [7, 11) is 0. The van der Waals surface area contributed by atoms with Crippen LogP contribution < -0.4 is 4.68 Å². The fourth-order valence-electron chi connectivity index (χ4n) is 1.29. The van der Waals surface area contributed by atoms with Gasteiger partial charge in [0, 0.05) is 10.8 Å². The van der Waals surface area contributed by atoms with Crippen LogP contribution in [0.4, 0.5) is 0 Å². The van der Waals surface area contributed by atoms with E-state index in [-0.39, 0.29) is 0 Å². The second kappa shape index (κ2) is 3.83. The van der Waals surface area contributed by atoms with Gasteiger partial charge >= 0.3 is 0 Å². The molecule has 1 aromatic carbocycles. The summed E-state index contributed by atoms with van der Waals surface area (Å²) in [6.07, 6.45) is 3.97. The summed E-state index contributed by atoms with van der Waals surface area (Å²) in [5.41, 5.74) is 0. The highest BCUT2D eigenvalue weighted by Gasteiger charge is 2.02. The van der Waals surface area contributed by atoms with E-state index in [1.807, 2.05) is 23.0 Å². The molecule has 0 spiro atoms. The molecule has 2 nitrogen and oxygen atoms in total. The molecule has 0 radical (unpaired) electrons. The van der Waals surface area contributed by atoms with E-state index >= 15 is 0 Å². The van der Waals surface area contributed by atoms with Gasteiger partial charge in [-0.05, 0) is 11.2 Å². The molecule has 0 unspecified atom stereocenters. The monoisotopic (exact) mass is 237 g/mol. The van der Waals surface area contributed by atoms with E-state index in [0.29, 0.717) is 0 Å². The Bertz CT molecular complexity index is 414. The number of rotatable bonds is 2. The Labute approximate surface area is 85.3 Å². The average molecular weight is 238 g/mol. The fourth-order valence-corrected chi connectivity index (χ4v) is 1.65. The SMILES string of the molecule is BrCC[n+]1cc2ccccc2cn1. The van der Waals surface area contributed by atoms with Crippen molar-refractivity contribution in [3.63, 3.8) is 0 Å². The van der Waals surface area contributed by atoms with Crippen molar-refractivity contribution in [2.45, 2.75) is 6.54 Å². The highest BCUT2D eigenvalue weighted by Crippen LogP contribution is 2.08. The maximum atomic E-state index is 4.28. The Hall–Kier alpha value is -0.960. The van der Waals surface area contributed by atoms with Gasteiger partial charge in [-0.2, -0.15) is 0 Å². The summed E-state index contributed by atoms with van der Waals surface area (Å²) >= 11 is 3.39. The van der Waals surface area contributed by atoms with Crippen LogP contribution >= 0.6 is 15.9 Å². The third-order valence-corrected chi connectivity index (χ3v) is 2.30. The molecule has 0 aliphatic carbocycles. The number of fused-ring (bicyclic) bond motifs is 1. The molecule has 0 saturated heterocycles. The van der Waals surface area contributed by atoms with Crippen LogP contribution in [0, 0.1) is 0 Å². The smallest absolute Gasteiger partial charge is 0.0897 e. The predicted molar refractivity (Wildman–Crippen MR) is 55.7 cm³/mol. The molecule has 0 atom stereocenters. The van der Waals surface area contributed by atoms with Crippen molar-refractivity contribution < 1.29 is 4.68 Å². The maximum Gasteiger partial charge on any atom is 0.204 e. The molecule has 13 heavy (non-hydrogen) atoms. The maximum absolute atomic E-state index is 4.28. The predicted octanol–water partition coefficient (Wildman–Crippen LogP) is 1.92. The van der Waals surface area contributed by atoms with Gasteiger partial charge in [-0.1, -0.05) is 38.8 Å². The Balaban J connectivity index is 2.49. The third kappa shape index (κ3) is 1.86. The largest absolute Gasteiger partial charge is 0.204 e. The van der Waals surface area contributed by atoms with E-state index in [9.17, 15) is 0 Å². The van der Waals surface area contributed by atoms with Gasteiger partial charge in [0.15, 0.2) is 6.54 Å². The summed E-state index contributed by atoms with van der Waals surface area (Å²) in [6.45, 7) is 0.908. The van der Waals surface area contributed by atoms with Crippen molar-refractivity contribution >= 4 is 26.7 Å². The molecule has 0 amide bonds. The Morgan fingerprint density at radius 3 is 2.77 bits per heavy atom. The summed E-state index contributed by atoms with van der Waals surface area (Å²) in [5, 5.41) is 7.64. The first kappa shape index (κ1) is 8.63. The van der Waals surface area contributed by atoms with Gasteiger partial charge in [0.1, 0.15) is 6.20 Å². The van der Waals surface area contributed by atoms with E-state index in [0.717, 1.165) is 11.9 Å². The van der Waals surface area contributed by atoms with Crippen LogP contribution in [0.2, 0.25) is 0 Å². The molecule has 0 N–H and O–H groups in total. The van der Waals surface area contributed by atoms with Crippen LogP contribution in [0.3, 0.4) is 0 Å². The molecule has 0 aliphatic heterocycles. The lowest BCUT2D eigenvalue weighted by molar-refractivity contribution is -0.748. The Morgan fingerprint density at radius 2 is 2.00 bits per heavy atom. The fraction of sp³-hybridized carbons (Fsp3) is 0.200. The van der Waals surface area contributed by atoms with Gasteiger partial charge in [0.25, 0.3) is 0 Å². The molecule has 2 aromatic rings. The summed E-state index contributed by atoms with van der Waals surface area (Å²) in [4.78, 5) is 0. The number of benzene rings is 1.